The maximum atomic E-state index is 12.7. The van der Waals surface area contributed by atoms with Crippen molar-refractivity contribution >= 4 is 11.0 Å². The van der Waals surface area contributed by atoms with Crippen molar-refractivity contribution < 1.29 is 18.3 Å². The second-order valence-corrected chi connectivity index (χ2v) is 6.85. The van der Waals surface area contributed by atoms with E-state index in [4.69, 9.17) is 4.74 Å². The van der Waals surface area contributed by atoms with Crippen molar-refractivity contribution in [3.63, 3.8) is 0 Å². The molecule has 2 aromatic carbocycles. The largest absolute Gasteiger partial charge is 0.481 e. The molecule has 0 saturated carbocycles. The highest BCUT2D eigenvalue weighted by molar-refractivity contribution is 5.83. The summed E-state index contributed by atoms with van der Waals surface area (Å²) in [5, 5.41) is 0. The molecule has 7 heteroatoms. The maximum absolute atomic E-state index is 12.7. The van der Waals surface area contributed by atoms with Gasteiger partial charge in [-0.05, 0) is 36.2 Å². The molecular formula is C23H21F2N3O2. The maximum Gasteiger partial charge on any atom is 0.345 e. The van der Waals surface area contributed by atoms with E-state index in [1.54, 1.807) is 19.4 Å². The molecular weight excluding hydrogens is 388 g/mol. The van der Waals surface area contributed by atoms with Crippen molar-refractivity contribution in [2.75, 3.05) is 7.11 Å². The summed E-state index contributed by atoms with van der Waals surface area (Å²) in [6.07, 6.45) is 1.74. The number of methoxy groups -OCH3 is 1. The Morgan fingerprint density at radius 2 is 1.77 bits per heavy atom. The summed E-state index contributed by atoms with van der Waals surface area (Å²) in [6.45, 7) is -1.11. The predicted octanol–water partition coefficient (Wildman–Crippen LogP) is 5.46. The number of fused-ring (bicyclic) bond motifs is 1. The number of alkyl halides is 2. The highest BCUT2D eigenvalue weighted by Crippen LogP contribution is 2.30. The molecule has 2 aromatic heterocycles. The average molecular weight is 409 g/mol. The number of hydrogen-bond acceptors (Lipinski definition) is 4. The van der Waals surface area contributed by atoms with Crippen molar-refractivity contribution in [2.45, 2.75) is 26.2 Å². The minimum absolute atomic E-state index is 0.114. The lowest BCUT2D eigenvalue weighted by atomic mass is 10.1. The standard InChI is InChI=1S/C23H21F2N3O2/c1-15(16-6-4-3-5-7-16)28-20-12-17(18-9-11-22(29-2)26-13-18)8-10-19(20)27-21(28)14-30-23(24)25/h3-13,15,23H,14H2,1-2H3/t15-/m0/s1. The van der Waals surface area contributed by atoms with Crippen LogP contribution in [0.4, 0.5) is 8.78 Å². The van der Waals surface area contributed by atoms with Gasteiger partial charge in [0.2, 0.25) is 5.88 Å². The molecule has 0 saturated heterocycles. The molecule has 0 amide bonds. The van der Waals surface area contributed by atoms with Gasteiger partial charge in [0.25, 0.3) is 0 Å². The first-order valence-electron chi connectivity index (χ1n) is 9.53. The van der Waals surface area contributed by atoms with E-state index in [0.717, 1.165) is 27.7 Å². The first-order valence-corrected chi connectivity index (χ1v) is 9.53. The molecule has 4 aromatic rings. The zero-order valence-electron chi connectivity index (χ0n) is 16.6. The van der Waals surface area contributed by atoms with Crippen LogP contribution >= 0.6 is 0 Å². The average Bonchev–Trinajstić information content (AvgIpc) is 3.15. The molecule has 1 atom stereocenters. The van der Waals surface area contributed by atoms with Gasteiger partial charge in [-0.2, -0.15) is 8.78 Å². The van der Waals surface area contributed by atoms with E-state index in [9.17, 15) is 8.78 Å². The third kappa shape index (κ3) is 4.02. The summed E-state index contributed by atoms with van der Waals surface area (Å²) in [6, 6.07) is 19.3. The molecule has 4 rings (SSSR count). The van der Waals surface area contributed by atoms with Crippen LogP contribution in [0.25, 0.3) is 22.2 Å². The van der Waals surface area contributed by atoms with Crippen LogP contribution in [0.1, 0.15) is 24.4 Å². The fourth-order valence-electron chi connectivity index (χ4n) is 3.55. The quantitative estimate of drug-likeness (QED) is 0.407. The summed E-state index contributed by atoms with van der Waals surface area (Å²) in [5.74, 6) is 0.987. The minimum atomic E-state index is -2.86. The van der Waals surface area contributed by atoms with Crippen molar-refractivity contribution in [2.24, 2.45) is 0 Å². The predicted molar refractivity (Wildman–Crippen MR) is 111 cm³/mol. The van der Waals surface area contributed by atoms with Crippen molar-refractivity contribution in [1.29, 1.82) is 0 Å². The van der Waals surface area contributed by atoms with Crippen LogP contribution < -0.4 is 4.74 Å². The molecule has 30 heavy (non-hydrogen) atoms. The third-order valence-corrected chi connectivity index (χ3v) is 5.05. The van der Waals surface area contributed by atoms with Gasteiger partial charge in [0, 0.05) is 17.8 Å². The van der Waals surface area contributed by atoms with E-state index in [1.165, 1.54) is 0 Å². The highest BCUT2D eigenvalue weighted by atomic mass is 19.3. The van der Waals surface area contributed by atoms with Crippen molar-refractivity contribution in [3.05, 3.63) is 78.2 Å². The molecule has 0 aliphatic carbocycles. The lowest BCUT2D eigenvalue weighted by Gasteiger charge is -2.18. The Hall–Kier alpha value is -3.32. The van der Waals surface area contributed by atoms with Gasteiger partial charge in [-0.1, -0.05) is 36.4 Å². The Morgan fingerprint density at radius 3 is 2.43 bits per heavy atom. The molecule has 0 aliphatic heterocycles. The van der Waals surface area contributed by atoms with E-state index in [2.05, 4.69) is 14.7 Å². The van der Waals surface area contributed by atoms with Crippen molar-refractivity contribution in [3.8, 4) is 17.0 Å². The Kier molecular flexibility index (Phi) is 5.72. The van der Waals surface area contributed by atoms with Gasteiger partial charge in [0.05, 0.1) is 24.2 Å². The number of imidazole rings is 1. The summed E-state index contributed by atoms with van der Waals surface area (Å²) in [5.41, 5.74) is 4.47. The van der Waals surface area contributed by atoms with E-state index >= 15 is 0 Å². The smallest absolute Gasteiger partial charge is 0.345 e. The molecule has 0 unspecified atom stereocenters. The minimum Gasteiger partial charge on any atom is -0.481 e. The zero-order chi connectivity index (χ0) is 21.1. The molecule has 2 heterocycles. The Morgan fingerprint density at radius 1 is 1.00 bits per heavy atom. The van der Waals surface area contributed by atoms with Crippen LogP contribution in [0.5, 0.6) is 5.88 Å². The lowest BCUT2D eigenvalue weighted by molar-refractivity contribution is -0.139. The van der Waals surface area contributed by atoms with Crippen LogP contribution in [0, 0.1) is 0 Å². The van der Waals surface area contributed by atoms with E-state index < -0.39 is 6.61 Å². The summed E-state index contributed by atoms with van der Waals surface area (Å²) in [7, 11) is 1.57. The summed E-state index contributed by atoms with van der Waals surface area (Å²) < 4.78 is 37.1. The second kappa shape index (κ2) is 8.59. The monoisotopic (exact) mass is 409 g/mol. The fourth-order valence-corrected chi connectivity index (χ4v) is 3.55. The zero-order valence-corrected chi connectivity index (χ0v) is 16.6. The summed E-state index contributed by atoms with van der Waals surface area (Å²) >= 11 is 0. The number of halogens is 2. The van der Waals surface area contributed by atoms with Gasteiger partial charge in [0.1, 0.15) is 12.4 Å². The number of rotatable bonds is 7. The second-order valence-electron chi connectivity index (χ2n) is 6.85. The number of benzene rings is 2. The molecule has 0 bridgehead atoms. The molecule has 0 spiro atoms. The Bertz CT molecular complexity index is 1130. The first-order chi connectivity index (χ1) is 14.6. The Labute approximate surface area is 172 Å². The highest BCUT2D eigenvalue weighted by Gasteiger charge is 2.19. The molecule has 0 fully saturated rings. The molecule has 0 N–H and O–H groups in total. The Balaban J connectivity index is 1.82. The van der Waals surface area contributed by atoms with E-state index in [0.29, 0.717) is 11.7 Å². The lowest BCUT2D eigenvalue weighted by Crippen LogP contribution is -2.13. The summed E-state index contributed by atoms with van der Waals surface area (Å²) in [4.78, 5) is 8.83. The van der Waals surface area contributed by atoms with Gasteiger partial charge in [0.15, 0.2) is 0 Å². The third-order valence-electron chi connectivity index (χ3n) is 5.05. The van der Waals surface area contributed by atoms with Gasteiger partial charge >= 0.3 is 6.61 Å². The molecule has 5 nitrogen and oxygen atoms in total. The van der Waals surface area contributed by atoms with Crippen LogP contribution in [0.3, 0.4) is 0 Å². The SMILES string of the molecule is COc1ccc(-c2ccc3nc(COC(F)F)n([C@@H](C)c4ccccc4)c3c2)cn1. The number of aromatic nitrogens is 3. The number of ether oxygens (including phenoxy) is 2. The van der Waals surface area contributed by atoms with Gasteiger partial charge in [-0.3, -0.25) is 0 Å². The topological polar surface area (TPSA) is 49.2 Å². The number of hydrogen-bond donors (Lipinski definition) is 0. The fraction of sp³-hybridized carbons (Fsp3) is 0.217. The van der Waals surface area contributed by atoms with E-state index in [1.807, 2.05) is 66.1 Å². The van der Waals surface area contributed by atoms with Crippen LogP contribution in [-0.2, 0) is 11.3 Å². The van der Waals surface area contributed by atoms with Gasteiger partial charge in [-0.25, -0.2) is 9.97 Å². The number of nitrogens with zero attached hydrogens (tertiary/aromatic N) is 3. The van der Waals surface area contributed by atoms with Crippen LogP contribution in [0.2, 0.25) is 0 Å². The molecule has 0 radical (unpaired) electrons. The first kappa shape index (κ1) is 20.0. The van der Waals surface area contributed by atoms with Crippen LogP contribution in [0.15, 0.2) is 66.9 Å². The van der Waals surface area contributed by atoms with Gasteiger partial charge < -0.3 is 14.0 Å². The molecule has 154 valence electrons. The van der Waals surface area contributed by atoms with Crippen molar-refractivity contribution in [1.82, 2.24) is 14.5 Å². The van der Waals surface area contributed by atoms with Gasteiger partial charge in [-0.15, -0.1) is 0 Å². The van der Waals surface area contributed by atoms with E-state index in [-0.39, 0.29) is 12.6 Å². The van der Waals surface area contributed by atoms with Crippen LogP contribution in [-0.4, -0.2) is 28.3 Å². The number of pyridine rings is 1. The normalized spacial score (nSPS) is 12.4. The molecule has 0 aliphatic rings.